The van der Waals surface area contributed by atoms with E-state index in [1.165, 1.54) is 12.4 Å². The van der Waals surface area contributed by atoms with Crippen LogP contribution in [0.2, 0.25) is 0 Å². The fourth-order valence-electron chi connectivity index (χ4n) is 1.95. The van der Waals surface area contributed by atoms with Crippen molar-refractivity contribution in [2.24, 2.45) is 5.73 Å². The van der Waals surface area contributed by atoms with Gasteiger partial charge < -0.3 is 15.6 Å². The van der Waals surface area contributed by atoms with Gasteiger partial charge in [0, 0.05) is 30.9 Å². The van der Waals surface area contributed by atoms with Crippen LogP contribution in [0.5, 0.6) is 0 Å². The van der Waals surface area contributed by atoms with E-state index in [9.17, 15) is 13.6 Å². The van der Waals surface area contributed by atoms with Crippen LogP contribution in [0.3, 0.4) is 0 Å². The molecule has 1 unspecified atom stereocenters. The molecule has 112 valence electrons. The minimum Gasteiger partial charge on any atom is -0.344 e. The van der Waals surface area contributed by atoms with Gasteiger partial charge in [-0.2, -0.15) is 0 Å². The number of carbonyl (C=O) groups is 1. The summed E-state index contributed by atoms with van der Waals surface area (Å²) in [5, 5.41) is 2.62. The maximum Gasteiger partial charge on any atom is 0.271 e. The van der Waals surface area contributed by atoms with Gasteiger partial charge in [0.2, 0.25) is 0 Å². The first-order valence-corrected chi connectivity index (χ1v) is 6.49. The number of imidazole rings is 1. The molecule has 1 aromatic carbocycles. The summed E-state index contributed by atoms with van der Waals surface area (Å²) in [6.07, 6.45) is 3.07. The number of nitrogens with one attached hydrogen (secondary N) is 1. The van der Waals surface area contributed by atoms with E-state index < -0.39 is 23.6 Å². The molecular weight excluding hydrogens is 278 g/mol. The highest BCUT2D eigenvalue weighted by Crippen LogP contribution is 2.18. The second-order valence-electron chi connectivity index (χ2n) is 4.65. The number of aromatic nitrogens is 2. The Bertz CT molecular complexity index is 642. The van der Waals surface area contributed by atoms with Gasteiger partial charge in [0.1, 0.15) is 17.3 Å². The van der Waals surface area contributed by atoms with Crippen LogP contribution >= 0.6 is 0 Å². The number of nitrogens with two attached hydrogens (primary N) is 1. The van der Waals surface area contributed by atoms with E-state index in [0.717, 1.165) is 12.1 Å². The molecule has 3 N–H and O–H groups in total. The Balaban J connectivity index is 2.07. The molecule has 1 amide bonds. The van der Waals surface area contributed by atoms with Gasteiger partial charge in [0.15, 0.2) is 0 Å². The predicted molar refractivity (Wildman–Crippen MR) is 73.5 cm³/mol. The van der Waals surface area contributed by atoms with Crippen LogP contribution in [0, 0.1) is 11.6 Å². The van der Waals surface area contributed by atoms with E-state index >= 15 is 0 Å². The first-order chi connectivity index (χ1) is 10.0. The Morgan fingerprint density at radius 1 is 1.48 bits per heavy atom. The van der Waals surface area contributed by atoms with Gasteiger partial charge in [0.05, 0.1) is 12.4 Å². The monoisotopic (exact) mass is 294 g/mol. The maximum atomic E-state index is 13.6. The van der Waals surface area contributed by atoms with Crippen LogP contribution in [0.4, 0.5) is 8.78 Å². The van der Waals surface area contributed by atoms with Crippen LogP contribution in [-0.2, 0) is 6.54 Å². The SMILES string of the molecule is CC(NC(=O)c1cn(CCN)cn1)c1ccc(F)cc1F. The van der Waals surface area contributed by atoms with E-state index in [-0.39, 0.29) is 11.3 Å². The lowest BCUT2D eigenvalue weighted by molar-refractivity contribution is 0.0934. The summed E-state index contributed by atoms with van der Waals surface area (Å²) >= 11 is 0. The standard InChI is InChI=1S/C14H16F2N4O/c1-9(11-3-2-10(15)6-12(11)16)19-14(21)13-7-20(5-4-17)8-18-13/h2-3,6-9H,4-5,17H2,1H3,(H,19,21). The van der Waals surface area contributed by atoms with Crippen molar-refractivity contribution in [2.75, 3.05) is 6.54 Å². The molecule has 0 saturated carbocycles. The van der Waals surface area contributed by atoms with E-state index in [4.69, 9.17) is 5.73 Å². The third-order valence-corrected chi connectivity index (χ3v) is 3.03. The number of hydrogen-bond donors (Lipinski definition) is 2. The van der Waals surface area contributed by atoms with Crippen molar-refractivity contribution in [1.29, 1.82) is 0 Å². The van der Waals surface area contributed by atoms with Gasteiger partial charge in [-0.15, -0.1) is 0 Å². The maximum absolute atomic E-state index is 13.6. The van der Waals surface area contributed by atoms with Crippen molar-refractivity contribution in [2.45, 2.75) is 19.5 Å². The van der Waals surface area contributed by atoms with Crippen LogP contribution in [0.15, 0.2) is 30.7 Å². The second kappa shape index (κ2) is 6.45. The van der Waals surface area contributed by atoms with Crippen molar-refractivity contribution >= 4 is 5.91 Å². The average Bonchev–Trinajstić information content (AvgIpc) is 2.87. The molecule has 0 radical (unpaired) electrons. The first-order valence-electron chi connectivity index (χ1n) is 6.49. The number of rotatable bonds is 5. The quantitative estimate of drug-likeness (QED) is 0.880. The summed E-state index contributed by atoms with van der Waals surface area (Å²) in [5.74, 6) is -1.78. The summed E-state index contributed by atoms with van der Waals surface area (Å²) in [7, 11) is 0. The molecular formula is C14H16F2N4O. The van der Waals surface area contributed by atoms with Crippen LogP contribution in [0.1, 0.15) is 29.0 Å². The number of halogens is 2. The molecule has 0 bridgehead atoms. The molecule has 2 rings (SSSR count). The number of amides is 1. The zero-order valence-corrected chi connectivity index (χ0v) is 11.5. The molecule has 2 aromatic rings. The molecule has 1 heterocycles. The molecule has 1 aromatic heterocycles. The van der Waals surface area contributed by atoms with Crippen LogP contribution < -0.4 is 11.1 Å². The van der Waals surface area contributed by atoms with Gasteiger partial charge in [-0.25, -0.2) is 13.8 Å². The number of nitrogens with zero attached hydrogens (tertiary/aromatic N) is 2. The molecule has 0 fully saturated rings. The summed E-state index contributed by atoms with van der Waals surface area (Å²) in [4.78, 5) is 16.0. The lowest BCUT2D eigenvalue weighted by atomic mass is 10.1. The molecule has 0 aliphatic rings. The molecule has 0 saturated heterocycles. The summed E-state index contributed by atoms with van der Waals surface area (Å²) in [6, 6.07) is 2.64. The van der Waals surface area contributed by atoms with Crippen molar-refractivity contribution in [3.63, 3.8) is 0 Å². The average molecular weight is 294 g/mol. The zero-order valence-electron chi connectivity index (χ0n) is 11.5. The molecule has 5 nitrogen and oxygen atoms in total. The smallest absolute Gasteiger partial charge is 0.271 e. The van der Waals surface area contributed by atoms with Crippen molar-refractivity contribution in [3.05, 3.63) is 53.6 Å². The Labute approximate surface area is 120 Å². The second-order valence-corrected chi connectivity index (χ2v) is 4.65. The summed E-state index contributed by atoms with van der Waals surface area (Å²) in [6.45, 7) is 2.61. The molecule has 21 heavy (non-hydrogen) atoms. The molecule has 7 heteroatoms. The van der Waals surface area contributed by atoms with Gasteiger partial charge in [-0.3, -0.25) is 4.79 Å². The minimum absolute atomic E-state index is 0.214. The van der Waals surface area contributed by atoms with E-state index in [2.05, 4.69) is 10.3 Å². The number of carbonyl (C=O) groups excluding carboxylic acids is 1. The van der Waals surface area contributed by atoms with Crippen molar-refractivity contribution < 1.29 is 13.6 Å². The topological polar surface area (TPSA) is 72.9 Å². The minimum atomic E-state index is -0.698. The Kier molecular flexibility index (Phi) is 4.64. The number of hydrogen-bond acceptors (Lipinski definition) is 3. The summed E-state index contributed by atoms with van der Waals surface area (Å²) in [5.41, 5.74) is 5.84. The van der Waals surface area contributed by atoms with Crippen molar-refractivity contribution in [3.8, 4) is 0 Å². The molecule has 0 aliphatic carbocycles. The molecule has 0 aliphatic heterocycles. The lowest BCUT2D eigenvalue weighted by Crippen LogP contribution is -2.27. The number of benzene rings is 1. The van der Waals surface area contributed by atoms with E-state index in [1.807, 2.05) is 0 Å². The Morgan fingerprint density at radius 2 is 2.24 bits per heavy atom. The van der Waals surface area contributed by atoms with Gasteiger partial charge in [-0.1, -0.05) is 6.07 Å². The highest BCUT2D eigenvalue weighted by Gasteiger charge is 2.16. The largest absolute Gasteiger partial charge is 0.344 e. The fraction of sp³-hybridized carbons (Fsp3) is 0.286. The first kappa shape index (κ1) is 15.1. The van der Waals surface area contributed by atoms with E-state index in [1.54, 1.807) is 17.7 Å². The van der Waals surface area contributed by atoms with Crippen LogP contribution in [0.25, 0.3) is 0 Å². The zero-order chi connectivity index (χ0) is 15.4. The fourth-order valence-corrected chi connectivity index (χ4v) is 1.95. The third kappa shape index (κ3) is 3.63. The van der Waals surface area contributed by atoms with Gasteiger partial charge >= 0.3 is 0 Å². The summed E-state index contributed by atoms with van der Waals surface area (Å²) < 4.78 is 28.2. The highest BCUT2D eigenvalue weighted by atomic mass is 19.1. The Hall–Kier alpha value is -2.28. The Morgan fingerprint density at radius 3 is 2.90 bits per heavy atom. The highest BCUT2D eigenvalue weighted by molar-refractivity contribution is 5.92. The molecule has 0 spiro atoms. The van der Waals surface area contributed by atoms with Crippen LogP contribution in [-0.4, -0.2) is 22.0 Å². The predicted octanol–water partition coefficient (Wildman–Crippen LogP) is 1.61. The molecule has 1 atom stereocenters. The van der Waals surface area contributed by atoms with Gasteiger partial charge in [-0.05, 0) is 13.0 Å². The van der Waals surface area contributed by atoms with Crippen molar-refractivity contribution in [1.82, 2.24) is 14.9 Å². The lowest BCUT2D eigenvalue weighted by Gasteiger charge is -2.14. The van der Waals surface area contributed by atoms with E-state index in [0.29, 0.717) is 13.1 Å². The normalized spacial score (nSPS) is 12.2. The van der Waals surface area contributed by atoms with Gasteiger partial charge in [0.25, 0.3) is 5.91 Å². The third-order valence-electron chi connectivity index (χ3n) is 3.03.